The number of aromatic nitrogens is 6. The van der Waals surface area contributed by atoms with E-state index < -0.39 is 49.3 Å². The van der Waals surface area contributed by atoms with Crippen LogP contribution < -0.4 is 22.1 Å². The number of aryl methyl sites for hydroxylation is 1. The fourth-order valence-corrected chi connectivity index (χ4v) is 6.05. The molecule has 4 heterocycles. The van der Waals surface area contributed by atoms with E-state index in [4.69, 9.17) is 14.0 Å². The molecule has 226 valence electrons. The highest BCUT2D eigenvalue weighted by molar-refractivity contribution is 6.05. The Morgan fingerprint density at radius 2 is 2.00 bits per heavy atom. The zero-order chi connectivity index (χ0) is 35.8. The molecular formula is C28H34N10O5. The third-order valence-electron chi connectivity index (χ3n) is 8.42. The molecule has 0 aromatic carbocycles. The van der Waals surface area contributed by atoms with Gasteiger partial charge in [-0.15, -0.1) is 0 Å². The molecule has 0 aliphatic heterocycles. The van der Waals surface area contributed by atoms with E-state index in [9.17, 15) is 19.2 Å². The van der Waals surface area contributed by atoms with Crippen molar-refractivity contribution in [1.29, 1.82) is 0 Å². The second-order valence-corrected chi connectivity index (χ2v) is 11.3. The van der Waals surface area contributed by atoms with Gasteiger partial charge >= 0.3 is 11.8 Å². The first-order valence-electron chi connectivity index (χ1n) is 16.6. The van der Waals surface area contributed by atoms with E-state index in [-0.39, 0.29) is 52.3 Å². The summed E-state index contributed by atoms with van der Waals surface area (Å²) in [7, 11) is 0.239. The zero-order valence-electron chi connectivity index (χ0n) is 29.6. The maximum absolute atomic E-state index is 13.6. The Morgan fingerprint density at radius 1 is 1.21 bits per heavy atom. The summed E-state index contributed by atoms with van der Waals surface area (Å²) in [6.45, 7) is -0.983. The fraction of sp³-hybridized carbons (Fsp3) is 0.464. The highest BCUT2D eigenvalue weighted by Gasteiger charge is 2.60. The number of imidazole rings is 1. The normalized spacial score (nSPS) is 25.6. The summed E-state index contributed by atoms with van der Waals surface area (Å²) in [5.41, 5.74) is 4.49. The number of nitrogens with two attached hydrogens (primary N) is 1. The number of nitrogens with one attached hydrogen (secondary N) is 2. The lowest BCUT2D eigenvalue weighted by atomic mass is 10.2. The first-order valence-corrected chi connectivity index (χ1v) is 13.6. The molecular weight excluding hydrogens is 556 g/mol. The molecule has 6 rings (SSSR count). The van der Waals surface area contributed by atoms with E-state index in [1.54, 1.807) is 26.2 Å². The van der Waals surface area contributed by atoms with Crippen molar-refractivity contribution >= 4 is 51.6 Å². The number of methoxy groups -OCH3 is 1. The van der Waals surface area contributed by atoms with Crippen molar-refractivity contribution in [2.24, 2.45) is 18.6 Å². The Balaban J connectivity index is 1.38. The molecule has 0 radical (unpaired) electrons. The summed E-state index contributed by atoms with van der Waals surface area (Å²) < 4.78 is 53.2. The van der Waals surface area contributed by atoms with Gasteiger partial charge in [0.1, 0.15) is 17.2 Å². The van der Waals surface area contributed by atoms with Crippen LogP contribution in [0.15, 0.2) is 29.2 Å². The third-order valence-corrected chi connectivity index (χ3v) is 8.42. The molecule has 2 fully saturated rings. The van der Waals surface area contributed by atoms with Gasteiger partial charge in [0.25, 0.3) is 5.91 Å². The van der Waals surface area contributed by atoms with Crippen LogP contribution in [0.5, 0.6) is 0 Å². The summed E-state index contributed by atoms with van der Waals surface area (Å²) in [5, 5.41) is 10.5. The van der Waals surface area contributed by atoms with E-state index in [1.165, 1.54) is 26.4 Å². The van der Waals surface area contributed by atoms with Gasteiger partial charge in [0.15, 0.2) is 11.3 Å². The number of carbonyl (C=O) groups is 3. The van der Waals surface area contributed by atoms with Gasteiger partial charge in [-0.1, -0.05) is 6.92 Å². The number of hydrogen-bond acceptors (Lipinski definition) is 9. The monoisotopic (exact) mass is 596 g/mol. The van der Waals surface area contributed by atoms with E-state index in [0.29, 0.717) is 29.2 Å². The Bertz CT molecular complexity index is 2070. The topological polar surface area (TPSA) is 184 Å². The molecule has 2 aliphatic rings. The van der Waals surface area contributed by atoms with Crippen LogP contribution in [-0.2, 0) is 22.0 Å². The first kappa shape index (κ1) is 21.7. The summed E-state index contributed by atoms with van der Waals surface area (Å²) in [4.78, 5) is 61.7. The molecule has 4 aromatic rings. The number of amides is 3. The molecule has 15 nitrogen and oxygen atoms in total. The Kier molecular flexibility index (Phi) is 5.10. The molecule has 0 unspecified atom stereocenters. The Labute approximate surface area is 254 Å². The van der Waals surface area contributed by atoms with Crippen LogP contribution in [0.1, 0.15) is 57.4 Å². The van der Waals surface area contributed by atoms with Gasteiger partial charge in [0.2, 0.25) is 5.91 Å². The number of carbonyl (C=O) groups excluding carboxylic acids is 3. The number of anilines is 2. The van der Waals surface area contributed by atoms with Crippen LogP contribution in [0.4, 0.5) is 16.4 Å². The zero-order valence-corrected chi connectivity index (χ0v) is 23.6. The summed E-state index contributed by atoms with van der Waals surface area (Å²) in [6, 6.07) is 3.65. The lowest BCUT2D eigenvalue weighted by Gasteiger charge is -2.15. The Morgan fingerprint density at radius 3 is 2.67 bits per heavy atom. The number of pyridine rings is 2. The number of rotatable bonds is 7. The summed E-state index contributed by atoms with van der Waals surface area (Å²) >= 11 is 0. The van der Waals surface area contributed by atoms with Crippen LogP contribution in [0.2, 0.25) is 0 Å². The van der Waals surface area contributed by atoms with Gasteiger partial charge in [0, 0.05) is 43.3 Å². The SMILES string of the molecule is [2H]C([2H])([2H])OC(=O)N[C@@H]1CC[C@@H](n2c(=O)n(C([2H])([2H])[2H])c3cnc(Nc4ccc5c(C(=O)N(C)C)nn([C@@]6(C(N)=O)C[C@@H]6C)c5n4)cc32)C1. The quantitative estimate of drug-likeness (QED) is 0.285. The van der Waals surface area contributed by atoms with Crippen molar-refractivity contribution in [1.82, 2.24) is 39.1 Å². The van der Waals surface area contributed by atoms with Crippen LogP contribution in [-0.4, -0.2) is 78.9 Å². The lowest BCUT2D eigenvalue weighted by molar-refractivity contribution is -0.123. The number of alkyl carbamates (subject to hydrolysis) is 1. The van der Waals surface area contributed by atoms with Gasteiger partial charge < -0.3 is 26.0 Å². The van der Waals surface area contributed by atoms with Gasteiger partial charge in [-0.05, 0) is 43.7 Å². The van der Waals surface area contributed by atoms with Crippen LogP contribution in [0.3, 0.4) is 0 Å². The second-order valence-electron chi connectivity index (χ2n) is 11.3. The molecule has 43 heavy (non-hydrogen) atoms. The van der Waals surface area contributed by atoms with Gasteiger partial charge in [-0.25, -0.2) is 24.2 Å². The third kappa shape index (κ3) is 4.46. The van der Waals surface area contributed by atoms with Crippen molar-refractivity contribution in [3.05, 3.63) is 40.6 Å². The van der Waals surface area contributed by atoms with Crippen LogP contribution >= 0.6 is 0 Å². The number of primary amides is 1. The molecule has 4 atom stereocenters. The van der Waals surface area contributed by atoms with Crippen molar-refractivity contribution in [3.8, 4) is 0 Å². The number of ether oxygens (including phenoxy) is 1. The predicted octanol–water partition coefficient (Wildman–Crippen LogP) is 1.60. The minimum atomic E-state index is -2.92. The minimum absolute atomic E-state index is 0.0493. The molecule has 0 spiro atoms. The van der Waals surface area contributed by atoms with E-state index >= 15 is 0 Å². The van der Waals surface area contributed by atoms with Crippen molar-refractivity contribution in [2.45, 2.75) is 50.2 Å². The lowest BCUT2D eigenvalue weighted by Crippen LogP contribution is -2.37. The number of hydrogen-bond donors (Lipinski definition) is 3. The maximum Gasteiger partial charge on any atom is 0.407 e. The minimum Gasteiger partial charge on any atom is -0.453 e. The molecule has 2 aliphatic carbocycles. The average Bonchev–Trinajstić information content (AvgIpc) is 3.25. The van der Waals surface area contributed by atoms with E-state index in [1.807, 2.05) is 6.92 Å². The Hall–Kier alpha value is -4.95. The highest BCUT2D eigenvalue weighted by atomic mass is 16.5. The smallest absolute Gasteiger partial charge is 0.407 e. The van der Waals surface area contributed by atoms with Gasteiger partial charge in [-0.3, -0.25) is 18.7 Å². The second kappa shape index (κ2) is 10.1. The highest BCUT2D eigenvalue weighted by Crippen LogP contribution is 2.51. The maximum atomic E-state index is 13.6. The van der Waals surface area contributed by atoms with Crippen molar-refractivity contribution in [2.75, 3.05) is 26.5 Å². The average molecular weight is 597 g/mol. The standard InChI is InChI=1S/C28H34N10O5/c1-14-12-28(14,25(29)40)38-23-17(22(34-38)24(39)35(2)3)8-9-20(33-23)32-21-11-18-19(13-30-21)36(4)27(42)37(18)16-7-6-15(10-16)31-26(41)43-5/h8-9,11,13-16H,6-7,10,12H2,1-5H3,(H2,29,40)(H,31,41)(H,30,32,33)/t14-,15+,16+,28-/m0/s1/i4D3,5D3. The molecule has 0 bridgehead atoms. The fourth-order valence-electron chi connectivity index (χ4n) is 6.05. The number of fused-ring (bicyclic) bond motifs is 2. The van der Waals surface area contributed by atoms with Crippen LogP contribution in [0.25, 0.3) is 22.1 Å². The molecule has 3 amide bonds. The van der Waals surface area contributed by atoms with Gasteiger partial charge in [-0.2, -0.15) is 5.10 Å². The summed E-state index contributed by atoms with van der Waals surface area (Å²) in [6.07, 6.45) is 1.51. The van der Waals surface area contributed by atoms with E-state index in [2.05, 4.69) is 30.4 Å². The van der Waals surface area contributed by atoms with E-state index in [0.717, 1.165) is 0 Å². The molecule has 0 saturated heterocycles. The van der Waals surface area contributed by atoms with Crippen molar-refractivity contribution in [3.63, 3.8) is 0 Å². The summed E-state index contributed by atoms with van der Waals surface area (Å²) in [5.74, 6) is -0.684. The molecule has 15 heteroatoms. The largest absolute Gasteiger partial charge is 0.453 e. The molecule has 2 saturated carbocycles. The predicted molar refractivity (Wildman–Crippen MR) is 157 cm³/mol. The van der Waals surface area contributed by atoms with Gasteiger partial charge in [0.05, 0.1) is 33.8 Å². The first-order chi connectivity index (χ1) is 22.8. The molecule has 4 aromatic heterocycles. The van der Waals surface area contributed by atoms with Crippen LogP contribution in [0, 0.1) is 5.92 Å². The molecule has 4 N–H and O–H groups in total. The number of nitrogens with zero attached hydrogens (tertiary/aromatic N) is 7. The van der Waals surface area contributed by atoms with Crippen molar-refractivity contribution < 1.29 is 27.3 Å².